The Morgan fingerprint density at radius 2 is 1.95 bits per heavy atom. The van der Waals surface area contributed by atoms with Gasteiger partial charge in [0.2, 0.25) is 0 Å². The van der Waals surface area contributed by atoms with Gasteiger partial charge in [0.15, 0.2) is 5.17 Å². The van der Waals surface area contributed by atoms with Gasteiger partial charge in [0.25, 0.3) is 0 Å². The molecule has 0 spiro atoms. The summed E-state index contributed by atoms with van der Waals surface area (Å²) in [6.07, 6.45) is 7.01. The van der Waals surface area contributed by atoms with E-state index in [-0.39, 0.29) is 0 Å². The predicted molar refractivity (Wildman–Crippen MR) is 86.9 cm³/mol. The third-order valence-corrected chi connectivity index (χ3v) is 5.84. The van der Waals surface area contributed by atoms with Gasteiger partial charge in [-0.05, 0) is 36.0 Å². The van der Waals surface area contributed by atoms with E-state index in [2.05, 4.69) is 33.0 Å². The SMILES string of the molecule is CC(C)CC1(CNC2=NCC(C)(C)CS2)CCCC1. The van der Waals surface area contributed by atoms with Gasteiger partial charge in [0.05, 0.1) is 0 Å². The van der Waals surface area contributed by atoms with Crippen molar-refractivity contribution in [3.63, 3.8) is 0 Å². The zero-order valence-electron chi connectivity index (χ0n) is 13.1. The summed E-state index contributed by atoms with van der Waals surface area (Å²) in [5.41, 5.74) is 0.920. The summed E-state index contributed by atoms with van der Waals surface area (Å²) in [5.74, 6) is 2.00. The second-order valence-corrected chi connectivity index (χ2v) is 8.70. The largest absolute Gasteiger partial charge is 0.364 e. The monoisotopic (exact) mass is 282 g/mol. The molecule has 0 radical (unpaired) electrons. The summed E-state index contributed by atoms with van der Waals surface area (Å²) in [7, 11) is 0. The minimum absolute atomic E-state index is 0.374. The van der Waals surface area contributed by atoms with Crippen LogP contribution >= 0.6 is 11.8 Å². The lowest BCUT2D eigenvalue weighted by atomic mass is 9.78. The molecule has 19 heavy (non-hydrogen) atoms. The van der Waals surface area contributed by atoms with Crippen molar-refractivity contribution in [1.82, 2.24) is 5.32 Å². The average molecular weight is 282 g/mol. The fraction of sp³-hybridized carbons (Fsp3) is 0.938. The first kappa shape index (κ1) is 15.2. The number of hydrogen-bond acceptors (Lipinski definition) is 3. The molecule has 0 atom stereocenters. The minimum Gasteiger partial charge on any atom is -0.364 e. The molecule has 1 aliphatic carbocycles. The molecule has 1 N–H and O–H groups in total. The van der Waals surface area contributed by atoms with Crippen LogP contribution in [0.3, 0.4) is 0 Å². The summed E-state index contributed by atoms with van der Waals surface area (Å²) < 4.78 is 0. The van der Waals surface area contributed by atoms with E-state index in [1.807, 2.05) is 11.8 Å². The second-order valence-electron chi connectivity index (χ2n) is 7.73. The molecule has 0 aromatic heterocycles. The maximum Gasteiger partial charge on any atom is 0.156 e. The Morgan fingerprint density at radius 3 is 2.47 bits per heavy atom. The van der Waals surface area contributed by atoms with Crippen LogP contribution in [0, 0.1) is 16.7 Å². The number of aliphatic imine (C=N–C) groups is 1. The molecular formula is C16H30N2S. The van der Waals surface area contributed by atoms with Crippen LogP contribution in [0.4, 0.5) is 0 Å². The van der Waals surface area contributed by atoms with Crippen molar-refractivity contribution in [2.75, 3.05) is 18.8 Å². The number of hydrogen-bond donors (Lipinski definition) is 1. The molecule has 0 aromatic rings. The lowest BCUT2D eigenvalue weighted by Gasteiger charge is -2.33. The number of rotatable bonds is 4. The van der Waals surface area contributed by atoms with Crippen LogP contribution in [0.15, 0.2) is 4.99 Å². The van der Waals surface area contributed by atoms with Crippen molar-refractivity contribution >= 4 is 16.9 Å². The molecular weight excluding hydrogens is 252 g/mol. The van der Waals surface area contributed by atoms with Gasteiger partial charge >= 0.3 is 0 Å². The van der Waals surface area contributed by atoms with Gasteiger partial charge in [-0.3, -0.25) is 4.99 Å². The maximum absolute atomic E-state index is 4.72. The van der Waals surface area contributed by atoms with Crippen molar-refractivity contribution in [1.29, 1.82) is 0 Å². The number of amidine groups is 1. The highest BCUT2D eigenvalue weighted by molar-refractivity contribution is 8.13. The minimum atomic E-state index is 0.374. The number of nitrogens with zero attached hydrogens (tertiary/aromatic N) is 1. The van der Waals surface area contributed by atoms with Crippen LogP contribution in [-0.2, 0) is 0 Å². The summed E-state index contributed by atoms with van der Waals surface area (Å²) in [5, 5.41) is 4.85. The second kappa shape index (κ2) is 6.07. The third-order valence-electron chi connectivity index (χ3n) is 4.37. The molecule has 1 aliphatic heterocycles. The molecule has 1 saturated carbocycles. The van der Waals surface area contributed by atoms with Gasteiger partial charge < -0.3 is 5.32 Å². The molecule has 3 heteroatoms. The van der Waals surface area contributed by atoms with Gasteiger partial charge in [0.1, 0.15) is 0 Å². The molecule has 1 fully saturated rings. The fourth-order valence-corrected chi connectivity index (χ4v) is 4.40. The van der Waals surface area contributed by atoms with Gasteiger partial charge in [0, 0.05) is 18.8 Å². The third kappa shape index (κ3) is 4.40. The first-order valence-electron chi connectivity index (χ1n) is 7.82. The first-order valence-corrected chi connectivity index (χ1v) is 8.81. The van der Waals surface area contributed by atoms with Gasteiger partial charge in [-0.1, -0.05) is 52.3 Å². The highest BCUT2D eigenvalue weighted by Gasteiger charge is 2.34. The molecule has 0 amide bonds. The molecule has 2 aliphatic rings. The Bertz CT molecular complexity index is 328. The summed E-state index contributed by atoms with van der Waals surface area (Å²) >= 11 is 1.91. The molecule has 0 bridgehead atoms. The van der Waals surface area contributed by atoms with Crippen molar-refractivity contribution in [3.05, 3.63) is 0 Å². The average Bonchev–Trinajstić information content (AvgIpc) is 2.76. The molecule has 0 saturated heterocycles. The summed E-state index contributed by atoms with van der Waals surface area (Å²) in [6.45, 7) is 11.4. The van der Waals surface area contributed by atoms with E-state index in [0.29, 0.717) is 10.8 Å². The van der Waals surface area contributed by atoms with Gasteiger partial charge in [-0.15, -0.1) is 0 Å². The fourth-order valence-electron chi connectivity index (χ4n) is 3.45. The summed E-state index contributed by atoms with van der Waals surface area (Å²) in [4.78, 5) is 4.72. The van der Waals surface area contributed by atoms with Gasteiger partial charge in [-0.25, -0.2) is 0 Å². The Balaban J connectivity index is 1.88. The van der Waals surface area contributed by atoms with Crippen LogP contribution in [-0.4, -0.2) is 24.0 Å². The lowest BCUT2D eigenvalue weighted by Crippen LogP contribution is -2.38. The zero-order valence-corrected chi connectivity index (χ0v) is 13.9. The molecule has 2 rings (SSSR count). The Morgan fingerprint density at radius 1 is 1.26 bits per heavy atom. The van der Waals surface area contributed by atoms with E-state index < -0.39 is 0 Å². The van der Waals surface area contributed by atoms with Crippen LogP contribution in [0.5, 0.6) is 0 Å². The number of thioether (sulfide) groups is 1. The van der Waals surface area contributed by atoms with Crippen molar-refractivity contribution < 1.29 is 0 Å². The highest BCUT2D eigenvalue weighted by atomic mass is 32.2. The number of nitrogens with one attached hydrogen (secondary N) is 1. The molecule has 0 aromatic carbocycles. The van der Waals surface area contributed by atoms with Crippen molar-refractivity contribution in [2.45, 2.75) is 59.8 Å². The van der Waals surface area contributed by atoms with E-state index in [1.54, 1.807) is 0 Å². The smallest absolute Gasteiger partial charge is 0.156 e. The zero-order chi connectivity index (χ0) is 13.9. The maximum atomic E-state index is 4.72. The van der Waals surface area contributed by atoms with E-state index in [9.17, 15) is 0 Å². The van der Waals surface area contributed by atoms with E-state index >= 15 is 0 Å². The summed E-state index contributed by atoms with van der Waals surface area (Å²) in [6, 6.07) is 0. The normalized spacial score (nSPS) is 25.4. The standard InChI is InChI=1S/C16H30N2S/c1-13(2)9-16(7-5-6-8-16)11-18-14-17-10-15(3,4)12-19-14/h13H,5-12H2,1-4H3,(H,17,18). The Labute approximate surface area is 123 Å². The molecule has 0 unspecified atom stereocenters. The van der Waals surface area contributed by atoms with Crippen LogP contribution in [0.1, 0.15) is 59.8 Å². The predicted octanol–water partition coefficient (Wildman–Crippen LogP) is 4.31. The van der Waals surface area contributed by atoms with Gasteiger partial charge in [-0.2, -0.15) is 0 Å². The lowest BCUT2D eigenvalue weighted by molar-refractivity contribution is 0.236. The van der Waals surface area contributed by atoms with Crippen LogP contribution in [0.25, 0.3) is 0 Å². The van der Waals surface area contributed by atoms with E-state index in [4.69, 9.17) is 4.99 Å². The quantitative estimate of drug-likeness (QED) is 0.831. The molecule has 1 heterocycles. The Kier molecular flexibility index (Phi) is 4.86. The van der Waals surface area contributed by atoms with E-state index in [1.165, 1.54) is 43.0 Å². The van der Waals surface area contributed by atoms with Crippen LogP contribution in [0.2, 0.25) is 0 Å². The Hall–Kier alpha value is -0.180. The first-order chi connectivity index (χ1) is 8.91. The van der Waals surface area contributed by atoms with Crippen LogP contribution < -0.4 is 5.32 Å². The van der Waals surface area contributed by atoms with E-state index in [0.717, 1.165) is 19.0 Å². The molecule has 2 nitrogen and oxygen atoms in total. The highest BCUT2D eigenvalue weighted by Crippen LogP contribution is 2.42. The topological polar surface area (TPSA) is 24.4 Å². The molecule has 110 valence electrons. The van der Waals surface area contributed by atoms with Crippen molar-refractivity contribution in [2.24, 2.45) is 21.7 Å². The van der Waals surface area contributed by atoms with Crippen molar-refractivity contribution in [3.8, 4) is 0 Å².